The number of carbonyl (C=O) groups excluding carboxylic acids is 1. The Kier molecular flexibility index (Phi) is 7.34. The lowest BCUT2D eigenvalue weighted by Crippen LogP contribution is -2.41. The largest absolute Gasteiger partial charge is 0.381 e. The number of H-pyrrole nitrogens is 1. The number of alkyl halides is 1. The van der Waals surface area contributed by atoms with Crippen LogP contribution in [0.15, 0.2) is 16.9 Å². The molecule has 1 amide bonds. The zero-order chi connectivity index (χ0) is 21.8. The molecule has 2 aliphatic heterocycles. The van der Waals surface area contributed by atoms with E-state index < -0.39 is 6.17 Å². The Morgan fingerprint density at radius 2 is 2.03 bits per heavy atom. The predicted molar refractivity (Wildman–Crippen MR) is 115 cm³/mol. The van der Waals surface area contributed by atoms with Gasteiger partial charge in [0.25, 0.3) is 5.91 Å². The number of aromatic amines is 1. The lowest BCUT2D eigenvalue weighted by Gasteiger charge is -2.33. The Bertz CT molecular complexity index is 859. The van der Waals surface area contributed by atoms with Gasteiger partial charge in [-0.3, -0.25) is 14.8 Å². The van der Waals surface area contributed by atoms with Gasteiger partial charge in [0.15, 0.2) is 0 Å². The number of hydrogen-bond donors (Lipinski definition) is 1. The summed E-state index contributed by atoms with van der Waals surface area (Å²) in [6.07, 6.45) is 6.06. The average Bonchev–Trinajstić information content (AvgIpc) is 3.42. The molecule has 1 unspecified atom stereocenters. The monoisotopic (exact) mass is 497 g/mol. The molecule has 1 atom stereocenters. The van der Waals surface area contributed by atoms with Gasteiger partial charge in [-0.2, -0.15) is 5.10 Å². The number of likely N-dealkylation sites (tertiary alicyclic amines) is 2. The third-order valence-corrected chi connectivity index (χ3v) is 6.95. The fourth-order valence-corrected chi connectivity index (χ4v) is 4.76. The molecule has 2 aromatic heterocycles. The molecule has 4 rings (SSSR count). The number of piperidine rings is 2. The molecular formula is C20H29BrFN7O2. The molecule has 0 spiro atoms. The number of amides is 1. The van der Waals surface area contributed by atoms with Crippen LogP contribution in [0, 0.1) is 5.92 Å². The molecule has 4 heterocycles. The maximum atomic E-state index is 14.9. The van der Waals surface area contributed by atoms with Crippen molar-refractivity contribution >= 4 is 21.8 Å². The molecule has 0 aromatic carbocycles. The van der Waals surface area contributed by atoms with Crippen molar-refractivity contribution in [2.75, 3.05) is 33.3 Å². The van der Waals surface area contributed by atoms with Crippen molar-refractivity contribution in [3.63, 3.8) is 0 Å². The van der Waals surface area contributed by atoms with E-state index in [0.29, 0.717) is 42.2 Å². The number of ether oxygens (including phenoxy) is 1. The van der Waals surface area contributed by atoms with Crippen LogP contribution >= 0.6 is 15.9 Å². The number of aromatic nitrogens is 5. The normalized spacial score (nSPS) is 20.3. The zero-order valence-electron chi connectivity index (χ0n) is 17.7. The summed E-state index contributed by atoms with van der Waals surface area (Å²) >= 11 is 3.32. The quantitative estimate of drug-likeness (QED) is 0.630. The molecule has 2 aliphatic rings. The van der Waals surface area contributed by atoms with E-state index in [2.05, 4.69) is 41.3 Å². The molecule has 0 saturated carbocycles. The van der Waals surface area contributed by atoms with Gasteiger partial charge in [-0.1, -0.05) is 5.21 Å². The summed E-state index contributed by atoms with van der Waals surface area (Å²) < 4.78 is 22.6. The summed E-state index contributed by atoms with van der Waals surface area (Å²) in [6, 6.07) is 0. The fraction of sp³-hybridized carbons (Fsp3) is 0.700. The van der Waals surface area contributed by atoms with E-state index in [9.17, 15) is 9.18 Å². The van der Waals surface area contributed by atoms with Gasteiger partial charge in [0.2, 0.25) is 0 Å². The van der Waals surface area contributed by atoms with E-state index >= 15 is 0 Å². The van der Waals surface area contributed by atoms with E-state index in [0.717, 1.165) is 38.2 Å². The topological polar surface area (TPSA) is 92.2 Å². The Hall–Kier alpha value is -1.85. The molecule has 0 aliphatic carbocycles. The molecule has 0 radical (unpaired) electrons. The Balaban J connectivity index is 1.23. The predicted octanol–water partition coefficient (Wildman–Crippen LogP) is 2.26. The van der Waals surface area contributed by atoms with Gasteiger partial charge in [0.05, 0.1) is 29.0 Å². The molecule has 31 heavy (non-hydrogen) atoms. The van der Waals surface area contributed by atoms with Gasteiger partial charge in [0.1, 0.15) is 11.9 Å². The van der Waals surface area contributed by atoms with E-state index in [-0.39, 0.29) is 18.4 Å². The van der Waals surface area contributed by atoms with E-state index in [1.807, 2.05) is 6.20 Å². The summed E-state index contributed by atoms with van der Waals surface area (Å²) in [5, 5.41) is 14.9. The second-order valence-electron chi connectivity index (χ2n) is 8.38. The van der Waals surface area contributed by atoms with Crippen LogP contribution < -0.4 is 0 Å². The van der Waals surface area contributed by atoms with Gasteiger partial charge in [-0.05, 0) is 47.5 Å². The van der Waals surface area contributed by atoms with Gasteiger partial charge < -0.3 is 9.64 Å². The minimum atomic E-state index is -1.01. The summed E-state index contributed by atoms with van der Waals surface area (Å²) in [4.78, 5) is 16.6. The van der Waals surface area contributed by atoms with Crippen LogP contribution in [0.2, 0.25) is 0 Å². The third kappa shape index (κ3) is 5.50. The third-order valence-electron chi connectivity index (χ3n) is 6.35. The average molecular weight is 498 g/mol. The maximum Gasteiger partial charge on any atom is 0.273 e. The first kappa shape index (κ1) is 22.3. The minimum Gasteiger partial charge on any atom is -0.381 e. The van der Waals surface area contributed by atoms with Crippen molar-refractivity contribution in [2.45, 2.75) is 51.0 Å². The van der Waals surface area contributed by atoms with Gasteiger partial charge in [-0.25, -0.2) is 9.07 Å². The van der Waals surface area contributed by atoms with Crippen LogP contribution in [0.4, 0.5) is 4.39 Å². The highest BCUT2D eigenvalue weighted by Crippen LogP contribution is 2.26. The second kappa shape index (κ2) is 10.2. The number of rotatable bonds is 7. The number of nitrogens with one attached hydrogen (secondary N) is 1. The van der Waals surface area contributed by atoms with Crippen LogP contribution in [0.3, 0.4) is 0 Å². The van der Waals surface area contributed by atoms with Crippen LogP contribution in [0.25, 0.3) is 0 Å². The molecule has 2 saturated heterocycles. The number of methoxy groups -OCH3 is 1. The highest BCUT2D eigenvalue weighted by Gasteiger charge is 2.30. The second-order valence-corrected chi connectivity index (χ2v) is 9.24. The SMILES string of the molecule is COC1CCN(Cc2cn(CC(F)C3CCN(C(=O)c4[nH]ncc4Br)CC3)nn2)CC1. The maximum absolute atomic E-state index is 14.9. The van der Waals surface area contributed by atoms with Gasteiger partial charge in [0, 0.05) is 46.0 Å². The summed E-state index contributed by atoms with van der Waals surface area (Å²) in [5.41, 5.74) is 1.31. The first-order chi connectivity index (χ1) is 15.0. The molecule has 2 fully saturated rings. The van der Waals surface area contributed by atoms with E-state index in [1.54, 1.807) is 22.9 Å². The van der Waals surface area contributed by atoms with Crippen LogP contribution in [-0.4, -0.2) is 86.5 Å². The number of halogens is 2. The van der Waals surface area contributed by atoms with Crippen LogP contribution in [-0.2, 0) is 17.8 Å². The summed E-state index contributed by atoms with van der Waals surface area (Å²) in [6.45, 7) is 3.96. The van der Waals surface area contributed by atoms with Crippen LogP contribution in [0.1, 0.15) is 41.9 Å². The van der Waals surface area contributed by atoms with Crippen molar-refractivity contribution in [3.05, 3.63) is 28.3 Å². The molecule has 9 nitrogen and oxygen atoms in total. The highest BCUT2D eigenvalue weighted by molar-refractivity contribution is 9.10. The Morgan fingerprint density at radius 3 is 2.68 bits per heavy atom. The van der Waals surface area contributed by atoms with E-state index in [1.165, 1.54) is 0 Å². The number of hydrogen-bond acceptors (Lipinski definition) is 6. The Labute approximate surface area is 189 Å². The first-order valence-corrected chi connectivity index (χ1v) is 11.6. The minimum absolute atomic E-state index is 0.0880. The zero-order valence-corrected chi connectivity index (χ0v) is 19.3. The van der Waals surface area contributed by atoms with Crippen molar-refractivity contribution < 1.29 is 13.9 Å². The molecule has 1 N–H and O–H groups in total. The first-order valence-electron chi connectivity index (χ1n) is 10.8. The summed E-state index contributed by atoms with van der Waals surface area (Å²) in [7, 11) is 1.76. The van der Waals surface area contributed by atoms with Gasteiger partial charge >= 0.3 is 0 Å². The highest BCUT2D eigenvalue weighted by atomic mass is 79.9. The molecular weight excluding hydrogens is 469 g/mol. The van der Waals surface area contributed by atoms with Crippen LogP contribution in [0.5, 0.6) is 0 Å². The van der Waals surface area contributed by atoms with Crippen molar-refractivity contribution in [1.29, 1.82) is 0 Å². The molecule has 0 bridgehead atoms. The lowest BCUT2D eigenvalue weighted by molar-refractivity contribution is 0.0385. The standard InChI is InChI=1S/C20H29BrFN7O2/c1-31-16-4-6-27(7-5-16)11-15-12-29(26-24-15)13-18(22)14-2-8-28(9-3-14)20(30)19-17(21)10-23-25-19/h10,12,14,16,18H,2-9,11,13H2,1H3,(H,23,25). The number of carbonyl (C=O) groups is 1. The van der Waals surface area contributed by atoms with Crippen molar-refractivity contribution in [2.24, 2.45) is 5.92 Å². The van der Waals surface area contributed by atoms with Crippen molar-refractivity contribution in [3.8, 4) is 0 Å². The van der Waals surface area contributed by atoms with E-state index in [4.69, 9.17) is 4.74 Å². The van der Waals surface area contributed by atoms with Gasteiger partial charge in [-0.15, -0.1) is 5.10 Å². The fourth-order valence-electron chi connectivity index (χ4n) is 4.40. The number of nitrogens with zero attached hydrogens (tertiary/aromatic N) is 6. The Morgan fingerprint density at radius 1 is 1.29 bits per heavy atom. The smallest absolute Gasteiger partial charge is 0.273 e. The molecule has 2 aromatic rings. The molecule has 170 valence electrons. The lowest BCUT2D eigenvalue weighted by atomic mass is 9.92. The molecule has 11 heteroatoms. The summed E-state index contributed by atoms with van der Waals surface area (Å²) in [5.74, 6) is -0.191. The van der Waals surface area contributed by atoms with Crippen molar-refractivity contribution in [1.82, 2.24) is 35.0 Å².